The topological polar surface area (TPSA) is 57.7 Å². The van der Waals surface area contributed by atoms with Crippen molar-refractivity contribution in [3.8, 4) is 0 Å². The van der Waals surface area contributed by atoms with E-state index in [2.05, 4.69) is 0 Å². The van der Waals surface area contributed by atoms with Gasteiger partial charge in [-0.05, 0) is 48.1 Å². The first-order valence-corrected chi connectivity index (χ1v) is 10.2. The number of benzene rings is 1. The molecule has 3 amide bonds. The van der Waals surface area contributed by atoms with Crippen LogP contribution in [0.1, 0.15) is 18.9 Å². The Morgan fingerprint density at radius 2 is 1.63 bits per heavy atom. The number of carbonyl (C=O) groups is 3. The van der Waals surface area contributed by atoms with E-state index in [0.717, 1.165) is 11.3 Å². The van der Waals surface area contributed by atoms with Crippen LogP contribution in [-0.2, 0) is 20.8 Å². The second-order valence-electron chi connectivity index (χ2n) is 8.61. The molecular formula is C22H21F3N2O3. The highest BCUT2D eigenvalue weighted by Gasteiger charge is 2.67. The summed E-state index contributed by atoms with van der Waals surface area (Å²) in [6.45, 7) is 1.06. The molecule has 0 radical (unpaired) electrons. The van der Waals surface area contributed by atoms with Crippen LogP contribution in [0.15, 0.2) is 36.4 Å². The first-order chi connectivity index (χ1) is 14.2. The number of para-hydroxylation sites is 1. The van der Waals surface area contributed by atoms with Crippen molar-refractivity contribution in [3.63, 3.8) is 0 Å². The van der Waals surface area contributed by atoms with Gasteiger partial charge in [-0.25, -0.2) is 0 Å². The monoisotopic (exact) mass is 418 g/mol. The van der Waals surface area contributed by atoms with Gasteiger partial charge in [-0.2, -0.15) is 13.2 Å². The van der Waals surface area contributed by atoms with Crippen LogP contribution in [0.2, 0.25) is 0 Å². The van der Waals surface area contributed by atoms with E-state index in [0.29, 0.717) is 28.7 Å². The molecule has 1 heterocycles. The highest BCUT2D eigenvalue weighted by molar-refractivity contribution is 6.07. The lowest BCUT2D eigenvalue weighted by molar-refractivity contribution is -0.171. The quantitative estimate of drug-likeness (QED) is 0.558. The lowest BCUT2D eigenvalue weighted by Crippen LogP contribution is -2.49. The van der Waals surface area contributed by atoms with Crippen molar-refractivity contribution in [2.45, 2.75) is 25.9 Å². The number of imide groups is 1. The van der Waals surface area contributed by atoms with E-state index in [4.69, 9.17) is 0 Å². The van der Waals surface area contributed by atoms with Crippen LogP contribution >= 0.6 is 0 Å². The van der Waals surface area contributed by atoms with Gasteiger partial charge in [-0.3, -0.25) is 24.2 Å². The van der Waals surface area contributed by atoms with Gasteiger partial charge < -0.3 is 0 Å². The predicted molar refractivity (Wildman–Crippen MR) is 101 cm³/mol. The van der Waals surface area contributed by atoms with Gasteiger partial charge in [0, 0.05) is 5.69 Å². The molecule has 30 heavy (non-hydrogen) atoms. The Labute approximate surface area is 171 Å². The summed E-state index contributed by atoms with van der Waals surface area (Å²) in [5, 5.41) is 0. The van der Waals surface area contributed by atoms with E-state index in [9.17, 15) is 27.6 Å². The molecule has 0 aromatic heterocycles. The van der Waals surface area contributed by atoms with E-state index in [1.165, 1.54) is 12.1 Å². The predicted octanol–water partition coefficient (Wildman–Crippen LogP) is 3.15. The summed E-state index contributed by atoms with van der Waals surface area (Å²) in [6, 6.07) is 6.27. The number of amides is 3. The van der Waals surface area contributed by atoms with Crippen molar-refractivity contribution in [1.82, 2.24) is 4.90 Å². The van der Waals surface area contributed by atoms with Gasteiger partial charge in [0.05, 0.1) is 11.8 Å². The zero-order valence-corrected chi connectivity index (χ0v) is 16.3. The summed E-state index contributed by atoms with van der Waals surface area (Å²) in [6.07, 6.45) is 0.280. The number of hydrogen-bond acceptors (Lipinski definition) is 3. The largest absolute Gasteiger partial charge is 0.471 e. The summed E-state index contributed by atoms with van der Waals surface area (Å²) in [7, 11) is 0. The normalized spacial score (nSPS) is 33.5. The van der Waals surface area contributed by atoms with Crippen LogP contribution in [0.25, 0.3) is 0 Å². The molecule has 1 saturated heterocycles. The molecule has 2 bridgehead atoms. The number of rotatable bonds is 4. The fourth-order valence-corrected chi connectivity index (χ4v) is 5.78. The average Bonchev–Trinajstić information content (AvgIpc) is 3.51. The van der Waals surface area contributed by atoms with Crippen LogP contribution in [0, 0.1) is 35.5 Å². The Hall–Kier alpha value is -2.64. The van der Waals surface area contributed by atoms with E-state index in [1.807, 2.05) is 12.2 Å². The summed E-state index contributed by atoms with van der Waals surface area (Å²) >= 11 is 0. The Kier molecular flexibility index (Phi) is 4.14. The lowest BCUT2D eigenvalue weighted by Gasteiger charge is -2.37. The summed E-state index contributed by atoms with van der Waals surface area (Å²) < 4.78 is 40.2. The SMILES string of the molecule is CCc1ccccc1N(CN1C(=O)[C@@H]2[C@@H]3C=C[C@H]([C@H]4C[C@@H]34)[C@@H]2C1=O)C(=O)C(F)(F)F. The number of anilines is 1. The zero-order chi connectivity index (χ0) is 21.4. The van der Waals surface area contributed by atoms with Crippen molar-refractivity contribution in [1.29, 1.82) is 0 Å². The van der Waals surface area contributed by atoms with Crippen molar-refractivity contribution in [2.24, 2.45) is 35.5 Å². The van der Waals surface area contributed by atoms with E-state index in [1.54, 1.807) is 19.1 Å². The molecule has 0 spiro atoms. The third kappa shape index (κ3) is 2.65. The lowest BCUT2D eigenvalue weighted by atomic mass is 9.63. The fourth-order valence-electron chi connectivity index (χ4n) is 5.78. The second-order valence-corrected chi connectivity index (χ2v) is 8.61. The van der Waals surface area contributed by atoms with Gasteiger partial charge in [-0.1, -0.05) is 37.3 Å². The minimum Gasteiger partial charge on any atom is -0.286 e. The van der Waals surface area contributed by atoms with Gasteiger partial charge in [0.2, 0.25) is 11.8 Å². The smallest absolute Gasteiger partial charge is 0.286 e. The molecular weight excluding hydrogens is 397 g/mol. The minimum absolute atomic E-state index is 0.0267. The highest BCUT2D eigenvalue weighted by atomic mass is 19.4. The molecule has 8 heteroatoms. The Morgan fingerprint density at radius 1 is 1.07 bits per heavy atom. The Bertz CT molecular complexity index is 937. The molecule has 1 aromatic carbocycles. The van der Waals surface area contributed by atoms with Crippen LogP contribution in [0.5, 0.6) is 0 Å². The maximum atomic E-state index is 13.4. The number of carbonyl (C=O) groups excluding carboxylic acids is 3. The number of alkyl halides is 3. The number of likely N-dealkylation sites (tertiary alicyclic amines) is 1. The van der Waals surface area contributed by atoms with Crippen molar-refractivity contribution < 1.29 is 27.6 Å². The van der Waals surface area contributed by atoms with Crippen LogP contribution in [0.4, 0.5) is 18.9 Å². The summed E-state index contributed by atoms with van der Waals surface area (Å²) in [5.41, 5.74) is 0.608. The molecule has 3 fully saturated rings. The van der Waals surface area contributed by atoms with E-state index >= 15 is 0 Å². The molecule has 1 aliphatic heterocycles. The van der Waals surface area contributed by atoms with Crippen molar-refractivity contribution in [3.05, 3.63) is 42.0 Å². The molecule has 5 aliphatic rings. The minimum atomic E-state index is -5.12. The van der Waals surface area contributed by atoms with Gasteiger partial charge in [0.1, 0.15) is 6.67 Å². The molecule has 158 valence electrons. The maximum absolute atomic E-state index is 13.4. The van der Waals surface area contributed by atoms with Crippen molar-refractivity contribution >= 4 is 23.4 Å². The molecule has 5 nitrogen and oxygen atoms in total. The van der Waals surface area contributed by atoms with E-state index in [-0.39, 0.29) is 17.5 Å². The second kappa shape index (κ2) is 6.43. The van der Waals surface area contributed by atoms with Gasteiger partial charge in [-0.15, -0.1) is 0 Å². The van der Waals surface area contributed by atoms with Gasteiger partial charge in [0.15, 0.2) is 0 Å². The molecule has 6 atom stereocenters. The third-order valence-corrected chi connectivity index (χ3v) is 7.19. The highest BCUT2D eigenvalue weighted by Crippen LogP contribution is 2.65. The molecule has 4 aliphatic carbocycles. The first-order valence-electron chi connectivity index (χ1n) is 10.2. The third-order valence-electron chi connectivity index (χ3n) is 7.19. The van der Waals surface area contributed by atoms with Crippen LogP contribution in [-0.4, -0.2) is 35.5 Å². The van der Waals surface area contributed by atoms with Gasteiger partial charge >= 0.3 is 12.1 Å². The average molecular weight is 418 g/mol. The summed E-state index contributed by atoms with van der Waals surface area (Å²) in [5.74, 6) is -3.28. The number of halogens is 3. The Morgan fingerprint density at radius 3 is 2.17 bits per heavy atom. The van der Waals surface area contributed by atoms with Gasteiger partial charge in [0.25, 0.3) is 0 Å². The zero-order valence-electron chi connectivity index (χ0n) is 16.3. The fraction of sp³-hybridized carbons (Fsp3) is 0.500. The van der Waals surface area contributed by atoms with E-state index < -0.39 is 42.4 Å². The maximum Gasteiger partial charge on any atom is 0.471 e. The Balaban J connectivity index is 1.49. The number of allylic oxidation sites excluding steroid dienone is 2. The summed E-state index contributed by atoms with van der Waals surface area (Å²) in [4.78, 5) is 40.0. The van der Waals surface area contributed by atoms with Crippen molar-refractivity contribution in [2.75, 3.05) is 11.6 Å². The number of nitrogens with zero attached hydrogens (tertiary/aromatic N) is 2. The number of aryl methyl sites for hydroxylation is 1. The number of hydrogen-bond donors (Lipinski definition) is 0. The van der Waals surface area contributed by atoms with Crippen LogP contribution in [0.3, 0.4) is 0 Å². The van der Waals surface area contributed by atoms with Crippen LogP contribution < -0.4 is 4.90 Å². The molecule has 6 rings (SSSR count). The molecule has 1 aromatic rings. The molecule has 0 unspecified atom stereocenters. The molecule has 2 saturated carbocycles. The molecule has 0 N–H and O–H groups in total. The standard InChI is InChI=1S/C22H21F3N2O3/c1-2-11-5-3-4-6-16(11)26(21(30)22(23,24)25)10-27-19(28)17-12-7-8-13(15-9-14(12)15)18(17)20(27)29/h3-8,12-15,17-18H,2,9-10H2,1H3/t12-,13-,14-,15+,17+,18-/m1/s1. The first kappa shape index (κ1) is 19.3.